The van der Waals surface area contributed by atoms with Crippen molar-refractivity contribution < 1.29 is 0 Å². The van der Waals surface area contributed by atoms with Gasteiger partial charge in [0.05, 0.1) is 6.04 Å². The minimum Gasteiger partial charge on any atom is -0.309 e. The fourth-order valence-corrected chi connectivity index (χ4v) is 3.38. The number of benzene rings is 1. The summed E-state index contributed by atoms with van der Waals surface area (Å²) in [5, 5.41) is 4.21. The third kappa shape index (κ3) is 2.61. The predicted octanol–water partition coefficient (Wildman–Crippen LogP) is 4.64. The first-order valence-corrected chi connectivity index (χ1v) is 7.22. The number of thiophene rings is 1. The first kappa shape index (κ1) is 13.6. The van der Waals surface area contributed by atoms with E-state index in [0.29, 0.717) is 0 Å². The van der Waals surface area contributed by atoms with Crippen LogP contribution < -0.4 is 5.32 Å². The zero-order valence-corrected chi connectivity index (χ0v) is 12.7. The number of aryl methyl sites for hydroxylation is 3. The van der Waals surface area contributed by atoms with Crippen LogP contribution in [0.2, 0.25) is 5.02 Å². The SMILES string of the molecule is CNC(c1ccc(C)c(Cl)c1)c1cc(C)sc1C. The van der Waals surface area contributed by atoms with Crippen molar-refractivity contribution in [1.29, 1.82) is 0 Å². The Hall–Kier alpha value is -0.830. The van der Waals surface area contributed by atoms with Gasteiger partial charge in [-0.15, -0.1) is 11.3 Å². The summed E-state index contributed by atoms with van der Waals surface area (Å²) < 4.78 is 0. The number of hydrogen-bond acceptors (Lipinski definition) is 2. The topological polar surface area (TPSA) is 12.0 Å². The lowest BCUT2D eigenvalue weighted by Crippen LogP contribution is -2.17. The minimum absolute atomic E-state index is 0.216. The lowest BCUT2D eigenvalue weighted by molar-refractivity contribution is 0.690. The molecule has 1 aromatic heterocycles. The van der Waals surface area contributed by atoms with Gasteiger partial charge in [-0.3, -0.25) is 0 Å². The molecule has 0 saturated carbocycles. The summed E-state index contributed by atoms with van der Waals surface area (Å²) in [6.07, 6.45) is 0. The van der Waals surface area contributed by atoms with E-state index in [4.69, 9.17) is 11.6 Å². The third-order valence-corrected chi connectivity index (χ3v) is 4.60. The second-order valence-corrected chi connectivity index (χ2v) is 6.47. The summed E-state index contributed by atoms with van der Waals surface area (Å²) in [6, 6.07) is 8.76. The van der Waals surface area contributed by atoms with E-state index < -0.39 is 0 Å². The van der Waals surface area contributed by atoms with Gasteiger partial charge in [-0.05, 0) is 56.6 Å². The average molecular weight is 280 g/mol. The lowest BCUT2D eigenvalue weighted by atomic mass is 9.98. The van der Waals surface area contributed by atoms with Gasteiger partial charge in [-0.1, -0.05) is 23.7 Å². The largest absolute Gasteiger partial charge is 0.309 e. The van der Waals surface area contributed by atoms with Crippen molar-refractivity contribution >= 4 is 22.9 Å². The summed E-state index contributed by atoms with van der Waals surface area (Å²) in [5.41, 5.74) is 3.68. The van der Waals surface area contributed by atoms with Gasteiger partial charge < -0.3 is 5.32 Å². The van der Waals surface area contributed by atoms with E-state index in [9.17, 15) is 0 Å². The summed E-state index contributed by atoms with van der Waals surface area (Å²) in [4.78, 5) is 2.71. The van der Waals surface area contributed by atoms with Crippen molar-refractivity contribution in [3.63, 3.8) is 0 Å². The van der Waals surface area contributed by atoms with Crippen LogP contribution in [0.1, 0.15) is 32.5 Å². The Morgan fingerprint density at radius 2 is 1.89 bits per heavy atom. The van der Waals surface area contributed by atoms with E-state index in [1.54, 1.807) is 0 Å². The van der Waals surface area contributed by atoms with E-state index in [1.165, 1.54) is 20.9 Å². The maximum Gasteiger partial charge on any atom is 0.0585 e. The van der Waals surface area contributed by atoms with Crippen molar-refractivity contribution in [2.45, 2.75) is 26.8 Å². The highest BCUT2D eigenvalue weighted by atomic mass is 35.5. The fraction of sp³-hybridized carbons (Fsp3) is 0.333. The zero-order valence-electron chi connectivity index (χ0n) is 11.2. The smallest absolute Gasteiger partial charge is 0.0585 e. The number of halogens is 1. The Balaban J connectivity index is 2.45. The molecule has 0 bridgehead atoms. The molecule has 1 heterocycles. The highest BCUT2D eigenvalue weighted by Crippen LogP contribution is 2.32. The molecule has 0 amide bonds. The van der Waals surface area contributed by atoms with Crippen LogP contribution in [0.5, 0.6) is 0 Å². The van der Waals surface area contributed by atoms with E-state index in [2.05, 4.69) is 43.4 Å². The molecule has 18 heavy (non-hydrogen) atoms. The molecule has 2 rings (SSSR count). The molecule has 96 valence electrons. The normalized spacial score (nSPS) is 12.7. The first-order valence-electron chi connectivity index (χ1n) is 6.03. The number of hydrogen-bond donors (Lipinski definition) is 1. The van der Waals surface area contributed by atoms with Gasteiger partial charge in [0.25, 0.3) is 0 Å². The second-order valence-electron chi connectivity index (χ2n) is 4.60. The Morgan fingerprint density at radius 3 is 2.39 bits per heavy atom. The van der Waals surface area contributed by atoms with E-state index >= 15 is 0 Å². The van der Waals surface area contributed by atoms with Gasteiger partial charge in [0.2, 0.25) is 0 Å². The highest BCUT2D eigenvalue weighted by molar-refractivity contribution is 7.12. The molecule has 1 atom stereocenters. The molecule has 1 nitrogen and oxygen atoms in total. The van der Waals surface area contributed by atoms with Gasteiger partial charge in [-0.2, -0.15) is 0 Å². The van der Waals surface area contributed by atoms with Crippen molar-refractivity contribution in [3.05, 3.63) is 55.7 Å². The van der Waals surface area contributed by atoms with Crippen molar-refractivity contribution in [1.82, 2.24) is 5.32 Å². The molecule has 0 fully saturated rings. The van der Waals surface area contributed by atoms with Gasteiger partial charge in [0, 0.05) is 14.8 Å². The molecule has 1 aromatic carbocycles. The Labute approximate surface area is 118 Å². The van der Waals surface area contributed by atoms with Gasteiger partial charge in [-0.25, -0.2) is 0 Å². The molecule has 3 heteroatoms. The first-order chi connectivity index (χ1) is 8.52. The van der Waals surface area contributed by atoms with E-state index in [-0.39, 0.29) is 6.04 Å². The fourth-order valence-electron chi connectivity index (χ4n) is 2.23. The minimum atomic E-state index is 0.216. The molecule has 0 spiro atoms. The van der Waals surface area contributed by atoms with Crippen LogP contribution in [0.4, 0.5) is 0 Å². The molecular weight excluding hydrogens is 262 g/mol. The lowest BCUT2D eigenvalue weighted by Gasteiger charge is -2.17. The summed E-state index contributed by atoms with van der Waals surface area (Å²) >= 11 is 8.06. The molecule has 1 unspecified atom stereocenters. The summed E-state index contributed by atoms with van der Waals surface area (Å²) in [5.74, 6) is 0. The maximum atomic E-state index is 6.22. The molecule has 0 aliphatic rings. The number of nitrogens with one attached hydrogen (secondary N) is 1. The molecular formula is C15H18ClNS. The van der Waals surface area contributed by atoms with Crippen LogP contribution in [0.25, 0.3) is 0 Å². The standard InChI is InChI=1S/C15H18ClNS/c1-9-5-6-12(8-14(9)16)15(17-4)13-7-10(2)18-11(13)3/h5-8,15,17H,1-4H3. The van der Waals surface area contributed by atoms with E-state index in [0.717, 1.165) is 10.6 Å². The molecule has 1 N–H and O–H groups in total. The molecule has 0 radical (unpaired) electrons. The van der Waals surface area contributed by atoms with Crippen molar-refractivity contribution in [2.75, 3.05) is 7.05 Å². The van der Waals surface area contributed by atoms with Gasteiger partial charge in [0.15, 0.2) is 0 Å². The second kappa shape index (κ2) is 5.43. The van der Waals surface area contributed by atoms with Gasteiger partial charge in [0.1, 0.15) is 0 Å². The highest BCUT2D eigenvalue weighted by Gasteiger charge is 2.16. The van der Waals surface area contributed by atoms with Crippen LogP contribution in [-0.4, -0.2) is 7.05 Å². The summed E-state index contributed by atoms with van der Waals surface area (Å²) in [6.45, 7) is 6.35. The van der Waals surface area contributed by atoms with Crippen LogP contribution in [0.3, 0.4) is 0 Å². The van der Waals surface area contributed by atoms with Crippen LogP contribution in [0, 0.1) is 20.8 Å². The predicted molar refractivity (Wildman–Crippen MR) is 80.9 cm³/mol. The quantitative estimate of drug-likeness (QED) is 0.863. The van der Waals surface area contributed by atoms with Crippen LogP contribution in [-0.2, 0) is 0 Å². The van der Waals surface area contributed by atoms with Gasteiger partial charge >= 0.3 is 0 Å². The average Bonchev–Trinajstić information content (AvgIpc) is 2.64. The molecule has 0 saturated heterocycles. The van der Waals surface area contributed by atoms with Crippen molar-refractivity contribution in [2.24, 2.45) is 0 Å². The summed E-state index contributed by atoms with van der Waals surface area (Å²) in [7, 11) is 1.99. The maximum absolute atomic E-state index is 6.22. The zero-order chi connectivity index (χ0) is 13.3. The molecule has 0 aliphatic heterocycles. The Kier molecular flexibility index (Phi) is 4.10. The molecule has 0 aliphatic carbocycles. The number of rotatable bonds is 3. The van der Waals surface area contributed by atoms with Crippen LogP contribution in [0.15, 0.2) is 24.3 Å². The third-order valence-electron chi connectivity index (χ3n) is 3.21. The molecule has 2 aromatic rings. The monoisotopic (exact) mass is 279 g/mol. The Morgan fingerprint density at radius 1 is 1.17 bits per heavy atom. The Bertz CT molecular complexity index is 560. The van der Waals surface area contributed by atoms with Crippen LogP contribution >= 0.6 is 22.9 Å². The van der Waals surface area contributed by atoms with Crippen molar-refractivity contribution in [3.8, 4) is 0 Å². The van der Waals surface area contributed by atoms with E-state index in [1.807, 2.05) is 25.3 Å².